The van der Waals surface area contributed by atoms with Crippen LogP contribution < -0.4 is 9.88 Å². The Balaban J connectivity index is 3.22. The number of ether oxygens (including phenoxy) is 1. The summed E-state index contributed by atoms with van der Waals surface area (Å²) in [5, 5.41) is 13.8. The zero-order chi connectivity index (χ0) is 11.5. The lowest BCUT2D eigenvalue weighted by Gasteiger charge is -2.08. The monoisotopic (exact) mass is 231 g/mol. The van der Waals surface area contributed by atoms with Crippen molar-refractivity contribution in [1.82, 2.24) is 0 Å². The molecule has 1 rings (SSSR count). The largest absolute Gasteiger partial charge is 0.496 e. The minimum Gasteiger partial charge on any atom is -0.496 e. The van der Waals surface area contributed by atoms with Gasteiger partial charge in [-0.3, -0.25) is 0 Å². The first-order chi connectivity index (χ1) is 6.99. The van der Waals surface area contributed by atoms with Gasteiger partial charge in [-0.1, -0.05) is 0 Å². The Labute approximate surface area is 88.5 Å². The van der Waals surface area contributed by atoms with Gasteiger partial charge in [-0.05, 0) is 30.2 Å². The van der Waals surface area contributed by atoms with Crippen LogP contribution in [0, 0.1) is 0 Å². The average molecular weight is 231 g/mol. The number of aliphatic hydroxyl groups is 1. The third kappa shape index (κ3) is 2.92. The van der Waals surface area contributed by atoms with Crippen LogP contribution in [0.15, 0.2) is 23.1 Å². The van der Waals surface area contributed by atoms with Crippen molar-refractivity contribution in [3.05, 3.63) is 23.8 Å². The summed E-state index contributed by atoms with van der Waals surface area (Å²) in [6.45, 7) is -0.0789. The highest BCUT2D eigenvalue weighted by Crippen LogP contribution is 2.22. The zero-order valence-electron chi connectivity index (χ0n) is 8.30. The molecule has 3 N–H and O–H groups in total. The molecule has 0 unspecified atom stereocenters. The van der Waals surface area contributed by atoms with Crippen LogP contribution in [-0.4, -0.2) is 27.2 Å². The van der Waals surface area contributed by atoms with E-state index in [4.69, 9.17) is 15.0 Å². The van der Waals surface area contributed by atoms with E-state index in [1.165, 1.54) is 25.3 Å². The first-order valence-corrected chi connectivity index (χ1v) is 5.84. The van der Waals surface area contributed by atoms with E-state index in [0.717, 1.165) is 0 Å². The highest BCUT2D eigenvalue weighted by Gasteiger charge is 2.11. The summed E-state index contributed by atoms with van der Waals surface area (Å²) >= 11 is 0. The number of nitrogens with two attached hydrogens (primary N) is 1. The molecule has 0 bridgehead atoms. The molecule has 0 aromatic heterocycles. The summed E-state index contributed by atoms with van der Waals surface area (Å²) in [6, 6.07) is 4.30. The van der Waals surface area contributed by atoms with Gasteiger partial charge in [-0.25, -0.2) is 13.6 Å². The summed E-state index contributed by atoms with van der Waals surface area (Å²) in [6.07, 6.45) is 0.326. The Bertz CT molecular complexity index is 441. The Hall–Kier alpha value is -1.11. The van der Waals surface area contributed by atoms with Gasteiger partial charge >= 0.3 is 0 Å². The molecule has 0 amide bonds. The van der Waals surface area contributed by atoms with E-state index >= 15 is 0 Å². The van der Waals surface area contributed by atoms with E-state index < -0.39 is 10.0 Å². The molecule has 0 saturated carbocycles. The van der Waals surface area contributed by atoms with Crippen molar-refractivity contribution in [2.24, 2.45) is 5.14 Å². The predicted octanol–water partition coefficient (Wildman–Crippen LogP) is -0.123. The lowest BCUT2D eigenvalue weighted by molar-refractivity contribution is 0.296. The van der Waals surface area contributed by atoms with Crippen molar-refractivity contribution in [2.75, 3.05) is 13.7 Å². The highest BCUT2D eigenvalue weighted by molar-refractivity contribution is 7.89. The third-order valence-electron chi connectivity index (χ3n) is 1.96. The van der Waals surface area contributed by atoms with Crippen molar-refractivity contribution in [2.45, 2.75) is 11.3 Å². The minimum atomic E-state index is -3.71. The second-order valence-electron chi connectivity index (χ2n) is 2.99. The van der Waals surface area contributed by atoms with Crippen LogP contribution in [0.5, 0.6) is 5.75 Å². The molecule has 1 aromatic carbocycles. The molecule has 0 spiro atoms. The first-order valence-electron chi connectivity index (χ1n) is 4.29. The molecule has 0 aliphatic heterocycles. The maximum Gasteiger partial charge on any atom is 0.238 e. The van der Waals surface area contributed by atoms with Gasteiger partial charge in [0.2, 0.25) is 10.0 Å². The summed E-state index contributed by atoms with van der Waals surface area (Å²) in [5.74, 6) is 0.538. The van der Waals surface area contributed by atoms with E-state index in [9.17, 15) is 8.42 Å². The number of hydrogen-bond acceptors (Lipinski definition) is 4. The van der Waals surface area contributed by atoms with Crippen LogP contribution in [0.2, 0.25) is 0 Å². The van der Waals surface area contributed by atoms with E-state index in [1.54, 1.807) is 0 Å². The maximum absolute atomic E-state index is 11.1. The molecule has 0 radical (unpaired) electrons. The van der Waals surface area contributed by atoms with Crippen LogP contribution in [0.3, 0.4) is 0 Å². The molecule has 15 heavy (non-hydrogen) atoms. The summed E-state index contributed by atoms with van der Waals surface area (Å²) in [5.41, 5.74) is 0.617. The fourth-order valence-electron chi connectivity index (χ4n) is 1.25. The van der Waals surface area contributed by atoms with Gasteiger partial charge in [0.05, 0.1) is 12.0 Å². The number of primary sulfonamides is 1. The molecule has 0 heterocycles. The van der Waals surface area contributed by atoms with Crippen molar-refractivity contribution in [3.8, 4) is 5.75 Å². The number of methoxy groups -OCH3 is 1. The molecule has 84 valence electrons. The summed E-state index contributed by atoms with van der Waals surface area (Å²) < 4.78 is 27.1. The standard InChI is InChI=1S/C9H13NO4S/c1-14-9-3-2-8(15(10,12)13)6-7(9)4-5-11/h2-3,6,11H,4-5H2,1H3,(H2,10,12,13). The van der Waals surface area contributed by atoms with Crippen LogP contribution in [0.1, 0.15) is 5.56 Å². The number of sulfonamides is 1. The Morgan fingerprint density at radius 2 is 2.13 bits per heavy atom. The van der Waals surface area contributed by atoms with Crippen molar-refractivity contribution in [3.63, 3.8) is 0 Å². The molecule has 0 aliphatic carbocycles. The molecule has 0 fully saturated rings. The maximum atomic E-state index is 11.1. The second-order valence-corrected chi connectivity index (χ2v) is 4.55. The summed E-state index contributed by atoms with van der Waals surface area (Å²) in [7, 11) is -2.23. The number of rotatable bonds is 4. The van der Waals surface area contributed by atoms with Crippen molar-refractivity contribution in [1.29, 1.82) is 0 Å². The van der Waals surface area contributed by atoms with Gasteiger partial charge < -0.3 is 9.84 Å². The highest BCUT2D eigenvalue weighted by atomic mass is 32.2. The Morgan fingerprint density at radius 1 is 1.47 bits per heavy atom. The van der Waals surface area contributed by atoms with Gasteiger partial charge in [0.25, 0.3) is 0 Å². The van der Waals surface area contributed by atoms with Crippen molar-refractivity contribution >= 4 is 10.0 Å². The van der Waals surface area contributed by atoms with E-state index in [-0.39, 0.29) is 11.5 Å². The molecule has 0 atom stereocenters. The average Bonchev–Trinajstić information content (AvgIpc) is 2.17. The SMILES string of the molecule is COc1ccc(S(N)(=O)=O)cc1CCO. The fraction of sp³-hybridized carbons (Fsp3) is 0.333. The molecule has 0 saturated heterocycles. The molecular weight excluding hydrogens is 218 g/mol. The minimum absolute atomic E-state index is 0.0201. The van der Waals surface area contributed by atoms with E-state index in [0.29, 0.717) is 17.7 Å². The van der Waals surface area contributed by atoms with Gasteiger partial charge in [0.1, 0.15) is 5.75 Å². The van der Waals surface area contributed by atoms with E-state index in [1.807, 2.05) is 0 Å². The fourth-order valence-corrected chi connectivity index (χ4v) is 1.81. The lowest BCUT2D eigenvalue weighted by Crippen LogP contribution is -2.12. The quantitative estimate of drug-likeness (QED) is 0.755. The predicted molar refractivity (Wildman–Crippen MR) is 55.2 cm³/mol. The molecular formula is C9H13NO4S. The molecule has 1 aromatic rings. The Morgan fingerprint density at radius 3 is 2.60 bits per heavy atom. The van der Waals surface area contributed by atoms with Crippen LogP contribution in [0.4, 0.5) is 0 Å². The molecule has 5 nitrogen and oxygen atoms in total. The van der Waals surface area contributed by atoms with Crippen molar-refractivity contribution < 1.29 is 18.3 Å². The van der Waals surface area contributed by atoms with Gasteiger partial charge in [0, 0.05) is 6.61 Å². The van der Waals surface area contributed by atoms with Crippen LogP contribution in [0.25, 0.3) is 0 Å². The normalized spacial score (nSPS) is 11.4. The van der Waals surface area contributed by atoms with Crippen LogP contribution in [-0.2, 0) is 16.4 Å². The Kier molecular flexibility index (Phi) is 3.67. The smallest absolute Gasteiger partial charge is 0.238 e. The molecule has 6 heteroatoms. The second kappa shape index (κ2) is 4.61. The first kappa shape index (κ1) is 12.0. The molecule has 0 aliphatic rings. The van der Waals surface area contributed by atoms with E-state index in [2.05, 4.69) is 0 Å². The van der Waals surface area contributed by atoms with Crippen LogP contribution >= 0.6 is 0 Å². The third-order valence-corrected chi connectivity index (χ3v) is 2.87. The van der Waals surface area contributed by atoms with Gasteiger partial charge in [-0.15, -0.1) is 0 Å². The number of hydrogen-bond donors (Lipinski definition) is 2. The topological polar surface area (TPSA) is 89.6 Å². The van der Waals surface area contributed by atoms with Gasteiger partial charge in [-0.2, -0.15) is 0 Å². The number of aliphatic hydroxyl groups excluding tert-OH is 1. The summed E-state index contributed by atoms with van der Waals surface area (Å²) in [4.78, 5) is 0.0201. The lowest BCUT2D eigenvalue weighted by atomic mass is 10.1. The number of benzene rings is 1. The van der Waals surface area contributed by atoms with Gasteiger partial charge in [0.15, 0.2) is 0 Å². The zero-order valence-corrected chi connectivity index (χ0v) is 9.12.